The molecule has 4 rings (SSSR count). The molecule has 298 valence electrons. The molecule has 1 unspecified atom stereocenters. The zero-order chi connectivity index (χ0) is 40.3. The Morgan fingerprint density at radius 1 is 0.982 bits per heavy atom. The lowest BCUT2D eigenvalue weighted by Crippen LogP contribution is -2.57. The van der Waals surface area contributed by atoms with Gasteiger partial charge in [-0.1, -0.05) is 87.8 Å². The number of hydrogen-bond acceptors (Lipinski definition) is 9. The summed E-state index contributed by atoms with van der Waals surface area (Å²) in [6.45, 7) is 10.2. The van der Waals surface area contributed by atoms with Crippen molar-refractivity contribution in [2.45, 2.75) is 83.6 Å². The maximum atomic E-state index is 14.4. The molecule has 0 radical (unpaired) electrons. The molecule has 2 heterocycles. The van der Waals surface area contributed by atoms with E-state index in [-0.39, 0.29) is 54.7 Å². The highest BCUT2D eigenvalue weighted by molar-refractivity contribution is 7.89. The number of hydrogen-bond donors (Lipinski definition) is 3. The Kier molecular flexibility index (Phi) is 15.3. The van der Waals surface area contributed by atoms with Crippen LogP contribution in [0, 0.1) is 11.8 Å². The van der Waals surface area contributed by atoms with Crippen molar-refractivity contribution in [3.63, 3.8) is 0 Å². The van der Waals surface area contributed by atoms with Gasteiger partial charge >= 0.3 is 6.03 Å². The molecule has 0 spiro atoms. The smallest absolute Gasteiger partial charge is 0.321 e. The molecule has 4 amide bonds. The predicted octanol–water partition coefficient (Wildman–Crippen LogP) is 3.96. The normalized spacial score (nSPS) is 15.8. The molecule has 2 aromatic carbocycles. The molecule has 1 saturated heterocycles. The number of oxime groups is 1. The summed E-state index contributed by atoms with van der Waals surface area (Å²) in [5.74, 6) is -0.834. The van der Waals surface area contributed by atoms with Gasteiger partial charge in [-0.05, 0) is 53.6 Å². The van der Waals surface area contributed by atoms with Gasteiger partial charge in [0.05, 0.1) is 47.7 Å². The van der Waals surface area contributed by atoms with E-state index >= 15 is 0 Å². The molecule has 1 aliphatic heterocycles. The summed E-state index contributed by atoms with van der Waals surface area (Å²) in [7, 11) is -2.39. The van der Waals surface area contributed by atoms with Crippen LogP contribution in [0.4, 0.5) is 4.79 Å². The average Bonchev–Trinajstić information content (AvgIpc) is 3.49. The van der Waals surface area contributed by atoms with Crippen molar-refractivity contribution in [1.29, 1.82) is 0 Å². The van der Waals surface area contributed by atoms with Crippen LogP contribution >= 0.6 is 0 Å². The van der Waals surface area contributed by atoms with Crippen LogP contribution in [0.5, 0.6) is 0 Å². The summed E-state index contributed by atoms with van der Waals surface area (Å²) in [4.78, 5) is 49.5. The van der Waals surface area contributed by atoms with Gasteiger partial charge in [-0.3, -0.25) is 14.6 Å². The highest BCUT2D eigenvalue weighted by atomic mass is 32.2. The molecule has 14 nitrogen and oxygen atoms in total. The van der Waals surface area contributed by atoms with Gasteiger partial charge in [0.15, 0.2) is 0 Å². The number of pyridine rings is 1. The Morgan fingerprint density at radius 2 is 1.65 bits per heavy atom. The fraction of sp³-hybridized carbons (Fsp3) is 0.475. The molecule has 4 atom stereocenters. The van der Waals surface area contributed by atoms with Gasteiger partial charge < -0.3 is 30.3 Å². The van der Waals surface area contributed by atoms with Crippen LogP contribution < -0.4 is 5.32 Å². The van der Waals surface area contributed by atoms with E-state index in [0.717, 1.165) is 5.56 Å². The minimum atomic E-state index is -4.08. The summed E-state index contributed by atoms with van der Waals surface area (Å²) < 4.78 is 29.1. The number of carbonyl (C=O) groups is 3. The minimum absolute atomic E-state index is 0.0124. The monoisotopic (exact) mass is 777 g/mol. The number of aliphatic hydroxyl groups is 1. The van der Waals surface area contributed by atoms with E-state index in [1.807, 2.05) is 76.2 Å². The lowest BCUT2D eigenvalue weighted by Gasteiger charge is -2.35. The maximum absolute atomic E-state index is 14.4. The van der Waals surface area contributed by atoms with Crippen molar-refractivity contribution in [3.05, 3.63) is 95.3 Å². The molecule has 3 N–H and O–H groups in total. The third-order valence-electron chi connectivity index (χ3n) is 9.84. The molecule has 0 aliphatic carbocycles. The van der Waals surface area contributed by atoms with Crippen LogP contribution in [-0.2, 0) is 39.1 Å². The van der Waals surface area contributed by atoms with E-state index in [9.17, 15) is 27.9 Å². The first-order chi connectivity index (χ1) is 26.1. The molecule has 0 bridgehead atoms. The topological polar surface area (TPSA) is 176 Å². The number of aliphatic hydroxyl groups excluding tert-OH is 1. The number of aromatic nitrogens is 1. The van der Waals surface area contributed by atoms with E-state index in [1.165, 1.54) is 41.7 Å². The average molecular weight is 778 g/mol. The second-order valence-corrected chi connectivity index (χ2v) is 16.6. The zero-order valence-electron chi connectivity index (χ0n) is 32.6. The van der Waals surface area contributed by atoms with Gasteiger partial charge in [0, 0.05) is 40.2 Å². The standard InChI is InChI=1S/C40H55N7O7S/c1-7-29(4)38(47-21-20-45(40(47)51)26-34-15-11-14-33(42-34)25-44(6)30(5)48)39(50)43-36(22-31-12-9-8-10-13-31)37(49)27-46(24-28(2)3)55(53,54)35-18-16-32(17-19-35)23-41-52/h8-19,23,28-29,36-38,49,52H,7,20-22,24-27H2,1-6H3,(H,43,50)/b41-23+/t29-,36-,37?,38-/m0/s1. The number of benzene rings is 2. The molecule has 1 aliphatic rings. The molecule has 0 saturated carbocycles. The molecular weight excluding hydrogens is 723 g/mol. The first-order valence-corrected chi connectivity index (χ1v) is 20.1. The lowest BCUT2D eigenvalue weighted by molar-refractivity contribution is -0.129. The number of nitrogens with zero attached hydrogens (tertiary/aromatic N) is 6. The van der Waals surface area contributed by atoms with Crippen molar-refractivity contribution < 1.29 is 33.1 Å². The highest BCUT2D eigenvalue weighted by Gasteiger charge is 2.41. The molecule has 55 heavy (non-hydrogen) atoms. The van der Waals surface area contributed by atoms with Gasteiger partial charge in [0.1, 0.15) is 6.04 Å². The number of sulfonamides is 1. The number of carbonyl (C=O) groups excluding carboxylic acids is 3. The van der Waals surface area contributed by atoms with E-state index in [4.69, 9.17) is 5.21 Å². The van der Waals surface area contributed by atoms with Crippen LogP contribution in [0.25, 0.3) is 0 Å². The largest absolute Gasteiger partial charge is 0.411 e. The molecule has 15 heteroatoms. The van der Waals surface area contributed by atoms with Crippen LogP contribution in [0.15, 0.2) is 82.8 Å². The van der Waals surface area contributed by atoms with Crippen molar-refractivity contribution in [1.82, 2.24) is 29.3 Å². The minimum Gasteiger partial charge on any atom is -0.411 e. The van der Waals surface area contributed by atoms with E-state index in [0.29, 0.717) is 43.0 Å². The summed E-state index contributed by atoms with van der Waals surface area (Å²) in [6.07, 6.45) is 0.691. The molecule has 1 fully saturated rings. The Balaban J connectivity index is 1.57. The molecular formula is C40H55N7O7S. The van der Waals surface area contributed by atoms with E-state index < -0.39 is 34.1 Å². The second-order valence-electron chi connectivity index (χ2n) is 14.6. The predicted molar refractivity (Wildman–Crippen MR) is 210 cm³/mol. The molecule has 3 aromatic rings. The van der Waals surface area contributed by atoms with Gasteiger partial charge in [0.25, 0.3) is 0 Å². The maximum Gasteiger partial charge on any atom is 0.321 e. The second kappa shape index (κ2) is 19.6. The summed E-state index contributed by atoms with van der Waals surface area (Å²) in [6, 6.07) is 18.6. The Morgan fingerprint density at radius 3 is 2.27 bits per heavy atom. The first kappa shape index (κ1) is 42.9. The number of urea groups is 1. The van der Waals surface area contributed by atoms with Crippen molar-refractivity contribution in [2.75, 3.05) is 33.2 Å². The summed E-state index contributed by atoms with van der Waals surface area (Å²) in [5, 5.41) is 26.8. The van der Waals surface area contributed by atoms with Crippen LogP contribution in [-0.4, -0.2) is 118 Å². The lowest BCUT2D eigenvalue weighted by atomic mass is 9.95. The number of nitrogens with one attached hydrogen (secondary N) is 1. The van der Waals surface area contributed by atoms with Crippen molar-refractivity contribution in [3.8, 4) is 0 Å². The van der Waals surface area contributed by atoms with E-state index in [1.54, 1.807) is 21.7 Å². The number of amides is 4. The number of rotatable bonds is 19. The third kappa shape index (κ3) is 11.6. The first-order valence-electron chi connectivity index (χ1n) is 18.7. The van der Waals surface area contributed by atoms with Gasteiger partial charge in [-0.25, -0.2) is 13.2 Å². The van der Waals surface area contributed by atoms with Crippen molar-refractivity contribution in [2.24, 2.45) is 17.0 Å². The Hall–Kier alpha value is -4.86. The quantitative estimate of drug-likeness (QED) is 0.0932. The third-order valence-corrected chi connectivity index (χ3v) is 11.7. The fourth-order valence-corrected chi connectivity index (χ4v) is 8.19. The van der Waals surface area contributed by atoms with Crippen LogP contribution in [0.2, 0.25) is 0 Å². The Bertz CT molecular complexity index is 1880. The van der Waals surface area contributed by atoms with E-state index in [2.05, 4.69) is 15.5 Å². The van der Waals surface area contributed by atoms with Crippen LogP contribution in [0.1, 0.15) is 63.6 Å². The van der Waals surface area contributed by atoms with Gasteiger partial charge in [0.2, 0.25) is 21.8 Å². The van der Waals surface area contributed by atoms with Gasteiger partial charge in [-0.2, -0.15) is 4.31 Å². The Labute approximate surface area is 324 Å². The molecule has 1 aromatic heterocycles. The van der Waals surface area contributed by atoms with Crippen LogP contribution in [0.3, 0.4) is 0 Å². The van der Waals surface area contributed by atoms with Gasteiger partial charge in [-0.15, -0.1) is 0 Å². The zero-order valence-corrected chi connectivity index (χ0v) is 33.4. The van der Waals surface area contributed by atoms with Crippen molar-refractivity contribution >= 4 is 34.1 Å². The fourth-order valence-electron chi connectivity index (χ4n) is 6.57. The SMILES string of the molecule is CC[C@H](C)[C@@H](C(=O)N[C@@H](Cc1ccccc1)C(O)CN(CC(C)C)S(=O)(=O)c1ccc(/C=N/O)cc1)N1CCN(Cc2cccc(CN(C)C(C)=O)n2)C1=O. The highest BCUT2D eigenvalue weighted by Crippen LogP contribution is 2.24. The summed E-state index contributed by atoms with van der Waals surface area (Å²) >= 11 is 0. The summed E-state index contributed by atoms with van der Waals surface area (Å²) in [5.41, 5.74) is 2.71.